The van der Waals surface area contributed by atoms with Crippen LogP contribution in [0, 0.1) is 0 Å². The first-order valence-electron chi connectivity index (χ1n) is 11.1. The Morgan fingerprint density at radius 3 is 2.69 bits per heavy atom. The highest BCUT2D eigenvalue weighted by Crippen LogP contribution is 2.25. The van der Waals surface area contributed by atoms with Crippen LogP contribution in [0.15, 0.2) is 35.3 Å². The summed E-state index contributed by atoms with van der Waals surface area (Å²) in [6.45, 7) is 9.62. The standard InChI is InChI=1S/C23H38N4O2/c1-4-24-22(25-18-23(28-3)11-14-29-15-12-23)26-21-10-13-27(19(2)16-21)17-20-8-6-5-7-9-20/h5-9,19,21H,4,10-18H2,1-3H3,(H2,24,25,26). The van der Waals surface area contributed by atoms with E-state index in [4.69, 9.17) is 14.5 Å². The molecule has 2 fully saturated rings. The first kappa shape index (κ1) is 22.1. The van der Waals surface area contributed by atoms with E-state index in [-0.39, 0.29) is 5.60 Å². The molecule has 1 aromatic rings. The topological polar surface area (TPSA) is 58.1 Å². The van der Waals surface area contributed by atoms with Gasteiger partial charge < -0.3 is 20.1 Å². The van der Waals surface area contributed by atoms with Crippen molar-refractivity contribution in [3.05, 3.63) is 35.9 Å². The lowest BCUT2D eigenvalue weighted by Gasteiger charge is -2.38. The molecule has 0 aliphatic carbocycles. The Labute approximate surface area is 176 Å². The summed E-state index contributed by atoms with van der Waals surface area (Å²) in [5, 5.41) is 7.09. The first-order valence-corrected chi connectivity index (χ1v) is 11.1. The van der Waals surface area contributed by atoms with E-state index < -0.39 is 0 Å². The lowest BCUT2D eigenvalue weighted by molar-refractivity contribution is -0.0829. The minimum absolute atomic E-state index is 0.188. The maximum Gasteiger partial charge on any atom is 0.191 e. The summed E-state index contributed by atoms with van der Waals surface area (Å²) in [5.41, 5.74) is 1.20. The Hall–Kier alpha value is -1.63. The molecule has 2 atom stereocenters. The van der Waals surface area contributed by atoms with Gasteiger partial charge in [-0.1, -0.05) is 30.3 Å². The normalized spacial score (nSPS) is 25.6. The molecule has 0 bridgehead atoms. The summed E-state index contributed by atoms with van der Waals surface area (Å²) in [6.07, 6.45) is 4.06. The number of piperidine rings is 1. The molecule has 3 rings (SSSR count). The van der Waals surface area contributed by atoms with Crippen molar-refractivity contribution < 1.29 is 9.47 Å². The van der Waals surface area contributed by atoms with Crippen molar-refractivity contribution in [1.29, 1.82) is 0 Å². The maximum absolute atomic E-state index is 5.84. The maximum atomic E-state index is 5.84. The van der Waals surface area contributed by atoms with Crippen molar-refractivity contribution in [3.8, 4) is 0 Å². The highest BCUT2D eigenvalue weighted by Gasteiger charge is 2.32. The van der Waals surface area contributed by atoms with Gasteiger partial charge in [0.25, 0.3) is 0 Å². The quantitative estimate of drug-likeness (QED) is 0.543. The second kappa shape index (κ2) is 11.0. The summed E-state index contributed by atoms with van der Waals surface area (Å²) < 4.78 is 11.3. The average molecular weight is 403 g/mol. The van der Waals surface area contributed by atoms with Crippen LogP contribution < -0.4 is 10.6 Å². The van der Waals surface area contributed by atoms with Gasteiger partial charge in [-0.3, -0.25) is 9.89 Å². The summed E-state index contributed by atoms with van der Waals surface area (Å²) in [6, 6.07) is 11.8. The van der Waals surface area contributed by atoms with E-state index in [1.165, 1.54) is 5.56 Å². The fraction of sp³-hybridized carbons (Fsp3) is 0.696. The molecule has 29 heavy (non-hydrogen) atoms. The zero-order valence-electron chi connectivity index (χ0n) is 18.3. The van der Waals surface area contributed by atoms with Crippen molar-refractivity contribution in [2.24, 2.45) is 4.99 Å². The van der Waals surface area contributed by atoms with Gasteiger partial charge in [0.05, 0.1) is 12.1 Å². The molecule has 1 aromatic carbocycles. The predicted molar refractivity (Wildman–Crippen MR) is 118 cm³/mol. The molecule has 0 radical (unpaired) electrons. The second-order valence-corrected chi connectivity index (χ2v) is 8.37. The number of ether oxygens (including phenoxy) is 2. The highest BCUT2D eigenvalue weighted by atomic mass is 16.5. The molecule has 2 aliphatic heterocycles. The van der Waals surface area contributed by atoms with Gasteiger partial charge in [-0.05, 0) is 32.3 Å². The van der Waals surface area contributed by atoms with E-state index in [1.807, 2.05) is 0 Å². The number of guanidine groups is 1. The van der Waals surface area contributed by atoms with Gasteiger partial charge in [0.2, 0.25) is 0 Å². The van der Waals surface area contributed by atoms with Crippen LogP contribution in [0.2, 0.25) is 0 Å². The van der Waals surface area contributed by atoms with E-state index in [0.717, 1.165) is 64.5 Å². The molecule has 2 N–H and O–H groups in total. The molecule has 6 heteroatoms. The molecule has 2 heterocycles. The minimum atomic E-state index is -0.188. The molecule has 2 aliphatic rings. The molecule has 2 saturated heterocycles. The van der Waals surface area contributed by atoms with Crippen molar-refractivity contribution >= 4 is 5.96 Å². The van der Waals surface area contributed by atoms with E-state index in [2.05, 4.69) is 59.7 Å². The monoisotopic (exact) mass is 402 g/mol. The minimum Gasteiger partial charge on any atom is -0.381 e. The van der Waals surface area contributed by atoms with Gasteiger partial charge in [0.15, 0.2) is 5.96 Å². The third-order valence-electron chi connectivity index (χ3n) is 6.29. The molecular weight excluding hydrogens is 364 g/mol. The van der Waals surface area contributed by atoms with Gasteiger partial charge in [-0.2, -0.15) is 0 Å². The fourth-order valence-corrected chi connectivity index (χ4v) is 4.31. The molecule has 6 nitrogen and oxygen atoms in total. The summed E-state index contributed by atoms with van der Waals surface area (Å²) in [4.78, 5) is 7.47. The van der Waals surface area contributed by atoms with Gasteiger partial charge in [0, 0.05) is 64.9 Å². The van der Waals surface area contributed by atoms with E-state index >= 15 is 0 Å². The number of benzene rings is 1. The molecule has 0 aromatic heterocycles. The average Bonchev–Trinajstić information content (AvgIpc) is 2.75. The van der Waals surface area contributed by atoms with Crippen LogP contribution in [0.3, 0.4) is 0 Å². The highest BCUT2D eigenvalue weighted by molar-refractivity contribution is 5.80. The summed E-state index contributed by atoms with van der Waals surface area (Å²) in [7, 11) is 1.80. The zero-order valence-corrected chi connectivity index (χ0v) is 18.3. The third-order valence-corrected chi connectivity index (χ3v) is 6.29. The number of rotatable bonds is 7. The molecule has 162 valence electrons. The number of nitrogens with zero attached hydrogens (tertiary/aromatic N) is 2. The Bertz CT molecular complexity index is 631. The van der Waals surface area contributed by atoms with Gasteiger partial charge in [0.1, 0.15) is 0 Å². The summed E-state index contributed by atoms with van der Waals surface area (Å²) >= 11 is 0. The van der Waals surface area contributed by atoms with Crippen LogP contribution in [0.1, 0.15) is 45.1 Å². The number of nitrogens with one attached hydrogen (secondary N) is 2. The number of hydrogen-bond donors (Lipinski definition) is 2. The van der Waals surface area contributed by atoms with Crippen molar-refractivity contribution in [1.82, 2.24) is 15.5 Å². The van der Waals surface area contributed by atoms with E-state index in [0.29, 0.717) is 18.6 Å². The van der Waals surface area contributed by atoms with Crippen molar-refractivity contribution in [3.63, 3.8) is 0 Å². The second-order valence-electron chi connectivity index (χ2n) is 8.37. The Morgan fingerprint density at radius 2 is 2.03 bits per heavy atom. The van der Waals surface area contributed by atoms with E-state index in [9.17, 15) is 0 Å². The smallest absolute Gasteiger partial charge is 0.191 e. The SMILES string of the molecule is CCNC(=NCC1(OC)CCOCC1)NC1CCN(Cc2ccccc2)C(C)C1. The Kier molecular flexibility index (Phi) is 8.33. The van der Waals surface area contributed by atoms with Crippen LogP contribution in [-0.2, 0) is 16.0 Å². The van der Waals surface area contributed by atoms with Crippen LogP contribution in [0.5, 0.6) is 0 Å². The molecule has 0 saturated carbocycles. The van der Waals surface area contributed by atoms with Crippen molar-refractivity contribution in [2.75, 3.05) is 40.0 Å². The van der Waals surface area contributed by atoms with Crippen LogP contribution in [-0.4, -0.2) is 68.5 Å². The third kappa shape index (κ3) is 6.43. The first-order chi connectivity index (χ1) is 14.1. The number of aliphatic imine (C=N–C) groups is 1. The van der Waals surface area contributed by atoms with Gasteiger partial charge >= 0.3 is 0 Å². The van der Waals surface area contributed by atoms with Crippen LogP contribution in [0.25, 0.3) is 0 Å². The van der Waals surface area contributed by atoms with Gasteiger partial charge in [-0.15, -0.1) is 0 Å². The largest absolute Gasteiger partial charge is 0.381 e. The number of methoxy groups -OCH3 is 1. The lowest BCUT2D eigenvalue weighted by atomic mass is 9.94. The van der Waals surface area contributed by atoms with Crippen LogP contribution in [0.4, 0.5) is 0 Å². The summed E-state index contributed by atoms with van der Waals surface area (Å²) in [5.74, 6) is 0.907. The zero-order chi connectivity index (χ0) is 20.5. The predicted octanol–water partition coefficient (Wildman–Crippen LogP) is 2.79. The molecular formula is C23H38N4O2. The fourth-order valence-electron chi connectivity index (χ4n) is 4.31. The Balaban J connectivity index is 1.54. The van der Waals surface area contributed by atoms with Crippen LogP contribution >= 0.6 is 0 Å². The van der Waals surface area contributed by atoms with Gasteiger partial charge in [-0.25, -0.2) is 0 Å². The molecule has 2 unspecified atom stereocenters. The Morgan fingerprint density at radius 1 is 1.28 bits per heavy atom. The van der Waals surface area contributed by atoms with E-state index in [1.54, 1.807) is 7.11 Å². The number of hydrogen-bond acceptors (Lipinski definition) is 4. The lowest BCUT2D eigenvalue weighted by Crippen LogP contribution is -2.51. The van der Waals surface area contributed by atoms with Crippen molar-refractivity contribution in [2.45, 2.75) is 63.8 Å². The molecule has 0 spiro atoms. The molecule has 0 amide bonds. The number of likely N-dealkylation sites (tertiary alicyclic amines) is 1.